The maximum Gasteiger partial charge on any atom is 0.254 e. The fraction of sp³-hybridized carbons (Fsp3) is 0.292. The fourth-order valence-electron chi connectivity index (χ4n) is 4.39. The Labute approximate surface area is 181 Å². The Hall–Kier alpha value is -3.61. The van der Waals surface area contributed by atoms with Crippen molar-refractivity contribution in [1.82, 2.24) is 19.6 Å². The van der Waals surface area contributed by atoms with Crippen LogP contribution in [0.25, 0.3) is 16.9 Å². The molecule has 0 unspecified atom stereocenters. The maximum absolute atomic E-state index is 5.33. The Morgan fingerprint density at radius 1 is 1.03 bits per heavy atom. The van der Waals surface area contributed by atoms with Crippen molar-refractivity contribution in [2.75, 3.05) is 36.5 Å². The number of methoxy groups -OCH3 is 1. The van der Waals surface area contributed by atoms with E-state index in [2.05, 4.69) is 75.1 Å². The van der Waals surface area contributed by atoms with Crippen LogP contribution >= 0.6 is 0 Å². The van der Waals surface area contributed by atoms with E-state index >= 15 is 0 Å². The second kappa shape index (κ2) is 7.91. The molecule has 158 valence electrons. The molecule has 7 heteroatoms. The normalized spacial score (nSPS) is 16.7. The molecule has 0 aliphatic carbocycles. The lowest BCUT2D eigenvalue weighted by Crippen LogP contribution is -2.52. The zero-order valence-corrected chi connectivity index (χ0v) is 18.1. The first-order chi connectivity index (χ1) is 15.1. The number of aromatic nitrogens is 4. The number of nitrogens with zero attached hydrogens (tertiary/aromatic N) is 6. The Morgan fingerprint density at radius 2 is 1.87 bits per heavy atom. The smallest absolute Gasteiger partial charge is 0.254 e. The van der Waals surface area contributed by atoms with Gasteiger partial charge in [-0.05, 0) is 49.2 Å². The molecule has 7 nitrogen and oxygen atoms in total. The highest BCUT2D eigenvalue weighted by atomic mass is 16.5. The first-order valence-electron chi connectivity index (χ1n) is 10.6. The quantitative estimate of drug-likeness (QED) is 0.506. The summed E-state index contributed by atoms with van der Waals surface area (Å²) in [5, 5.41) is 4.49. The van der Waals surface area contributed by atoms with Gasteiger partial charge in [-0.15, -0.1) is 0 Å². The van der Waals surface area contributed by atoms with Crippen LogP contribution in [0.2, 0.25) is 0 Å². The molecule has 1 atom stereocenters. The summed E-state index contributed by atoms with van der Waals surface area (Å²) in [6, 6.07) is 17.2. The van der Waals surface area contributed by atoms with Gasteiger partial charge < -0.3 is 14.5 Å². The van der Waals surface area contributed by atoms with Crippen LogP contribution in [0.15, 0.2) is 61.1 Å². The van der Waals surface area contributed by atoms with Gasteiger partial charge in [0.25, 0.3) is 5.78 Å². The van der Waals surface area contributed by atoms with Gasteiger partial charge in [-0.2, -0.15) is 14.6 Å². The summed E-state index contributed by atoms with van der Waals surface area (Å²) in [6.07, 6.45) is 3.47. The molecular weight excluding hydrogens is 388 g/mol. The number of anilines is 2. The van der Waals surface area contributed by atoms with E-state index in [0.717, 1.165) is 42.3 Å². The van der Waals surface area contributed by atoms with Crippen molar-refractivity contribution in [3.8, 4) is 16.9 Å². The Kier molecular flexibility index (Phi) is 4.94. The summed E-state index contributed by atoms with van der Waals surface area (Å²) in [5.41, 5.74) is 4.68. The van der Waals surface area contributed by atoms with Crippen molar-refractivity contribution in [3.05, 3.63) is 66.6 Å². The third-order valence-corrected chi connectivity index (χ3v) is 5.94. The molecule has 0 amide bonds. The minimum Gasteiger partial charge on any atom is -0.497 e. The molecule has 2 aromatic carbocycles. The predicted octanol–water partition coefficient (Wildman–Crippen LogP) is 3.82. The molecule has 1 aliphatic heterocycles. The third kappa shape index (κ3) is 3.56. The number of benzene rings is 2. The second-order valence-corrected chi connectivity index (χ2v) is 8.02. The lowest BCUT2D eigenvalue weighted by atomic mass is 10.1. The first-order valence-corrected chi connectivity index (χ1v) is 10.6. The molecule has 0 bridgehead atoms. The maximum atomic E-state index is 5.33. The van der Waals surface area contributed by atoms with Crippen LogP contribution in [0, 0.1) is 6.92 Å². The van der Waals surface area contributed by atoms with Crippen molar-refractivity contribution < 1.29 is 4.74 Å². The van der Waals surface area contributed by atoms with Crippen molar-refractivity contribution in [2.24, 2.45) is 0 Å². The van der Waals surface area contributed by atoms with Gasteiger partial charge in [0, 0.05) is 43.1 Å². The zero-order chi connectivity index (χ0) is 21.4. The monoisotopic (exact) mass is 414 g/mol. The SMILES string of the molecule is COc1ccc(-c2cnc3ncnn3c2N2CCN(c3cccc(C)c3)[C@@H](C)C2)cc1. The summed E-state index contributed by atoms with van der Waals surface area (Å²) in [6.45, 7) is 7.13. The highest BCUT2D eigenvalue weighted by Gasteiger charge is 2.28. The standard InChI is InChI=1S/C24H26N6O/c1-17-5-4-6-20(13-17)29-12-11-28(15-18(29)2)23-22(14-25-24-26-16-27-30(23)24)19-7-9-21(31-3)10-8-19/h4-10,13-14,16,18H,11-12,15H2,1-3H3/t18-/m0/s1. The van der Waals surface area contributed by atoms with Crippen molar-refractivity contribution >= 4 is 17.3 Å². The summed E-state index contributed by atoms with van der Waals surface area (Å²) in [5.74, 6) is 2.48. The summed E-state index contributed by atoms with van der Waals surface area (Å²) in [4.78, 5) is 13.7. The average Bonchev–Trinajstić information content (AvgIpc) is 3.27. The van der Waals surface area contributed by atoms with Gasteiger partial charge in [-0.1, -0.05) is 24.3 Å². The first kappa shape index (κ1) is 19.4. The minimum absolute atomic E-state index is 0.353. The van der Waals surface area contributed by atoms with Crippen LogP contribution in [0.4, 0.5) is 11.5 Å². The molecule has 1 aliphatic rings. The molecule has 2 aromatic heterocycles. The van der Waals surface area contributed by atoms with Gasteiger partial charge in [-0.25, -0.2) is 4.98 Å². The summed E-state index contributed by atoms with van der Waals surface area (Å²) in [7, 11) is 1.68. The molecule has 0 saturated carbocycles. The molecule has 4 aromatic rings. The van der Waals surface area contributed by atoms with E-state index in [1.807, 2.05) is 22.8 Å². The van der Waals surface area contributed by atoms with Crippen molar-refractivity contribution in [2.45, 2.75) is 19.9 Å². The van der Waals surface area contributed by atoms with E-state index < -0.39 is 0 Å². The van der Waals surface area contributed by atoms with Crippen LogP contribution < -0.4 is 14.5 Å². The Morgan fingerprint density at radius 3 is 2.61 bits per heavy atom. The fourth-order valence-corrected chi connectivity index (χ4v) is 4.39. The van der Waals surface area contributed by atoms with Crippen LogP contribution in [0.3, 0.4) is 0 Å². The van der Waals surface area contributed by atoms with Gasteiger partial charge in [0.05, 0.1) is 7.11 Å². The zero-order valence-electron chi connectivity index (χ0n) is 18.1. The van der Waals surface area contributed by atoms with Gasteiger partial charge >= 0.3 is 0 Å². The highest BCUT2D eigenvalue weighted by molar-refractivity contribution is 5.77. The number of rotatable bonds is 4. The Bertz CT molecular complexity index is 1200. The number of hydrogen-bond donors (Lipinski definition) is 0. The number of piperazine rings is 1. The number of fused-ring (bicyclic) bond motifs is 1. The van der Waals surface area contributed by atoms with E-state index in [9.17, 15) is 0 Å². The molecular formula is C24H26N6O. The number of ether oxygens (including phenoxy) is 1. The van der Waals surface area contributed by atoms with E-state index in [4.69, 9.17) is 4.74 Å². The van der Waals surface area contributed by atoms with Crippen LogP contribution in [-0.4, -0.2) is 52.4 Å². The lowest BCUT2D eigenvalue weighted by molar-refractivity contribution is 0.415. The number of aryl methyl sites for hydroxylation is 1. The molecule has 0 radical (unpaired) electrons. The predicted molar refractivity (Wildman–Crippen MR) is 123 cm³/mol. The van der Waals surface area contributed by atoms with Gasteiger partial charge in [0.15, 0.2) is 0 Å². The average molecular weight is 415 g/mol. The Balaban J connectivity index is 1.51. The summed E-state index contributed by atoms with van der Waals surface area (Å²) >= 11 is 0. The van der Waals surface area contributed by atoms with E-state index in [1.54, 1.807) is 13.4 Å². The molecule has 31 heavy (non-hydrogen) atoms. The lowest BCUT2D eigenvalue weighted by Gasteiger charge is -2.42. The van der Waals surface area contributed by atoms with Gasteiger partial charge in [0.2, 0.25) is 0 Å². The largest absolute Gasteiger partial charge is 0.497 e. The number of hydrogen-bond acceptors (Lipinski definition) is 6. The van der Waals surface area contributed by atoms with E-state index in [1.165, 1.54) is 11.3 Å². The molecule has 0 spiro atoms. The molecule has 1 saturated heterocycles. The topological polar surface area (TPSA) is 58.8 Å². The summed E-state index contributed by atoms with van der Waals surface area (Å²) < 4.78 is 7.18. The molecule has 1 fully saturated rings. The van der Waals surface area contributed by atoms with Gasteiger partial charge in [-0.3, -0.25) is 0 Å². The highest BCUT2D eigenvalue weighted by Crippen LogP contribution is 2.33. The van der Waals surface area contributed by atoms with Crippen molar-refractivity contribution in [1.29, 1.82) is 0 Å². The third-order valence-electron chi connectivity index (χ3n) is 5.94. The van der Waals surface area contributed by atoms with Crippen LogP contribution in [-0.2, 0) is 0 Å². The second-order valence-electron chi connectivity index (χ2n) is 8.02. The van der Waals surface area contributed by atoms with Crippen LogP contribution in [0.5, 0.6) is 5.75 Å². The molecule has 0 N–H and O–H groups in total. The van der Waals surface area contributed by atoms with Crippen LogP contribution in [0.1, 0.15) is 12.5 Å². The van der Waals surface area contributed by atoms with Crippen molar-refractivity contribution in [3.63, 3.8) is 0 Å². The molecule has 3 heterocycles. The van der Waals surface area contributed by atoms with E-state index in [-0.39, 0.29) is 0 Å². The molecule has 5 rings (SSSR count). The minimum atomic E-state index is 0.353. The van der Waals surface area contributed by atoms with E-state index in [0.29, 0.717) is 11.8 Å². The van der Waals surface area contributed by atoms with Gasteiger partial charge in [0.1, 0.15) is 17.9 Å².